The highest BCUT2D eigenvalue weighted by atomic mass is 16.5. The van der Waals surface area contributed by atoms with Crippen LogP contribution >= 0.6 is 0 Å². The van der Waals surface area contributed by atoms with Crippen molar-refractivity contribution in [3.63, 3.8) is 0 Å². The first-order chi connectivity index (χ1) is 7.79. The highest BCUT2D eigenvalue weighted by Gasteiger charge is 2.26. The first kappa shape index (κ1) is 11.7. The first-order valence-electron chi connectivity index (χ1n) is 6.16. The van der Waals surface area contributed by atoms with Crippen molar-refractivity contribution in [2.75, 3.05) is 6.61 Å². The molecule has 0 amide bonds. The maximum Gasteiger partial charge on any atom is 0.0957 e. The molecule has 1 saturated carbocycles. The molecule has 2 N–H and O–H groups in total. The summed E-state index contributed by atoms with van der Waals surface area (Å²) in [6.45, 7) is 1.27. The molecule has 2 rings (SSSR count). The molecule has 90 valence electrons. The second kappa shape index (κ2) is 5.51. The second-order valence-corrected chi connectivity index (χ2v) is 4.90. The number of furan rings is 1. The number of nitrogens with two attached hydrogens (primary N) is 1. The lowest BCUT2D eigenvalue weighted by Crippen LogP contribution is -2.43. The van der Waals surface area contributed by atoms with E-state index in [-0.39, 0.29) is 5.54 Å². The third-order valence-corrected chi connectivity index (χ3v) is 3.34. The SMILES string of the molecule is NC1(COCc2ccoc2)CCCCCC1. The minimum absolute atomic E-state index is 0.0970. The van der Waals surface area contributed by atoms with E-state index in [4.69, 9.17) is 14.9 Å². The fourth-order valence-electron chi connectivity index (χ4n) is 2.32. The smallest absolute Gasteiger partial charge is 0.0957 e. The standard InChI is InChI=1S/C13H21NO2/c14-13(6-3-1-2-4-7-13)11-16-10-12-5-8-15-9-12/h5,8-9H,1-4,6-7,10-11,14H2. The largest absolute Gasteiger partial charge is 0.472 e. The van der Waals surface area contributed by atoms with Crippen LogP contribution in [0, 0.1) is 0 Å². The van der Waals surface area contributed by atoms with E-state index in [1.54, 1.807) is 12.5 Å². The van der Waals surface area contributed by atoms with Gasteiger partial charge in [-0.15, -0.1) is 0 Å². The average Bonchev–Trinajstić information content (AvgIpc) is 2.68. The molecule has 1 heterocycles. The lowest BCUT2D eigenvalue weighted by atomic mass is 9.93. The molecular formula is C13H21NO2. The van der Waals surface area contributed by atoms with Gasteiger partial charge in [-0.2, -0.15) is 0 Å². The van der Waals surface area contributed by atoms with Crippen LogP contribution in [0.2, 0.25) is 0 Å². The predicted molar refractivity (Wildman–Crippen MR) is 63.0 cm³/mol. The van der Waals surface area contributed by atoms with Gasteiger partial charge in [0.2, 0.25) is 0 Å². The topological polar surface area (TPSA) is 48.4 Å². The third kappa shape index (κ3) is 3.35. The maximum atomic E-state index is 6.35. The molecule has 3 heteroatoms. The zero-order valence-electron chi connectivity index (χ0n) is 9.78. The van der Waals surface area contributed by atoms with Gasteiger partial charge >= 0.3 is 0 Å². The van der Waals surface area contributed by atoms with Crippen molar-refractivity contribution in [3.05, 3.63) is 24.2 Å². The van der Waals surface area contributed by atoms with E-state index >= 15 is 0 Å². The third-order valence-electron chi connectivity index (χ3n) is 3.34. The minimum Gasteiger partial charge on any atom is -0.472 e. The van der Waals surface area contributed by atoms with Gasteiger partial charge in [-0.05, 0) is 18.9 Å². The summed E-state index contributed by atoms with van der Waals surface area (Å²) in [5.41, 5.74) is 7.33. The van der Waals surface area contributed by atoms with Crippen LogP contribution in [-0.4, -0.2) is 12.1 Å². The van der Waals surface area contributed by atoms with E-state index in [0.717, 1.165) is 18.4 Å². The second-order valence-electron chi connectivity index (χ2n) is 4.90. The van der Waals surface area contributed by atoms with Crippen molar-refractivity contribution in [2.24, 2.45) is 5.73 Å². The predicted octanol–water partition coefficient (Wildman–Crippen LogP) is 2.85. The van der Waals surface area contributed by atoms with Gasteiger partial charge in [-0.25, -0.2) is 0 Å². The van der Waals surface area contributed by atoms with Crippen LogP contribution in [0.25, 0.3) is 0 Å². The van der Waals surface area contributed by atoms with Crippen LogP contribution in [0.15, 0.2) is 23.0 Å². The van der Waals surface area contributed by atoms with Crippen molar-refractivity contribution in [1.82, 2.24) is 0 Å². The summed E-state index contributed by atoms with van der Waals surface area (Å²) in [5.74, 6) is 0. The zero-order valence-corrected chi connectivity index (χ0v) is 9.78. The van der Waals surface area contributed by atoms with Crippen LogP contribution < -0.4 is 5.73 Å². The van der Waals surface area contributed by atoms with E-state index in [9.17, 15) is 0 Å². The molecule has 0 bridgehead atoms. The average molecular weight is 223 g/mol. The van der Waals surface area contributed by atoms with Crippen molar-refractivity contribution >= 4 is 0 Å². The highest BCUT2D eigenvalue weighted by molar-refractivity contribution is 5.03. The molecule has 0 radical (unpaired) electrons. The molecule has 1 aromatic rings. The number of hydrogen-bond acceptors (Lipinski definition) is 3. The molecule has 1 fully saturated rings. The molecule has 16 heavy (non-hydrogen) atoms. The molecule has 1 aliphatic rings. The molecule has 0 atom stereocenters. The maximum absolute atomic E-state index is 6.35. The van der Waals surface area contributed by atoms with Gasteiger partial charge in [0.05, 0.1) is 25.7 Å². The van der Waals surface area contributed by atoms with Crippen LogP contribution in [0.4, 0.5) is 0 Å². The molecule has 0 unspecified atom stereocenters. The van der Waals surface area contributed by atoms with Gasteiger partial charge in [-0.1, -0.05) is 25.7 Å². The van der Waals surface area contributed by atoms with Gasteiger partial charge < -0.3 is 14.9 Å². The van der Waals surface area contributed by atoms with Gasteiger partial charge in [0, 0.05) is 11.1 Å². The number of rotatable bonds is 4. The van der Waals surface area contributed by atoms with Crippen molar-refractivity contribution in [2.45, 2.75) is 50.7 Å². The fourth-order valence-corrected chi connectivity index (χ4v) is 2.32. The van der Waals surface area contributed by atoms with Crippen LogP contribution in [0.5, 0.6) is 0 Å². The summed E-state index contributed by atoms with van der Waals surface area (Å²) >= 11 is 0. The Morgan fingerprint density at radius 2 is 2.00 bits per heavy atom. The Morgan fingerprint density at radius 3 is 2.62 bits per heavy atom. The molecule has 1 aliphatic carbocycles. The quantitative estimate of drug-likeness (QED) is 0.798. The van der Waals surface area contributed by atoms with Crippen molar-refractivity contribution < 1.29 is 9.15 Å². The van der Waals surface area contributed by atoms with Crippen molar-refractivity contribution in [3.8, 4) is 0 Å². The van der Waals surface area contributed by atoms with Gasteiger partial charge in [0.25, 0.3) is 0 Å². The molecular weight excluding hydrogens is 202 g/mol. The van der Waals surface area contributed by atoms with Crippen LogP contribution in [-0.2, 0) is 11.3 Å². The molecule has 0 spiro atoms. The fraction of sp³-hybridized carbons (Fsp3) is 0.692. The molecule has 1 aromatic heterocycles. The van der Waals surface area contributed by atoms with E-state index < -0.39 is 0 Å². The number of ether oxygens (including phenoxy) is 1. The van der Waals surface area contributed by atoms with Gasteiger partial charge in [-0.3, -0.25) is 0 Å². The van der Waals surface area contributed by atoms with E-state index in [1.807, 2.05) is 6.07 Å². The summed E-state index contributed by atoms with van der Waals surface area (Å²) in [7, 11) is 0. The highest BCUT2D eigenvalue weighted by Crippen LogP contribution is 2.25. The Bertz CT molecular complexity index is 287. The zero-order chi connectivity index (χ0) is 11.3. The number of hydrogen-bond donors (Lipinski definition) is 1. The van der Waals surface area contributed by atoms with E-state index in [2.05, 4.69) is 0 Å². The molecule has 3 nitrogen and oxygen atoms in total. The normalized spacial score (nSPS) is 20.6. The summed E-state index contributed by atoms with van der Waals surface area (Å²) in [6.07, 6.45) is 10.7. The molecule has 0 aromatic carbocycles. The van der Waals surface area contributed by atoms with Crippen molar-refractivity contribution in [1.29, 1.82) is 0 Å². The lowest BCUT2D eigenvalue weighted by molar-refractivity contribution is 0.0664. The Hall–Kier alpha value is -0.800. The monoisotopic (exact) mass is 223 g/mol. The lowest BCUT2D eigenvalue weighted by Gasteiger charge is -2.27. The Balaban J connectivity index is 1.75. The van der Waals surface area contributed by atoms with Gasteiger partial charge in [0.1, 0.15) is 0 Å². The van der Waals surface area contributed by atoms with Crippen LogP contribution in [0.1, 0.15) is 44.1 Å². The summed E-state index contributed by atoms with van der Waals surface area (Å²) in [4.78, 5) is 0. The Kier molecular flexibility index (Phi) is 4.02. The summed E-state index contributed by atoms with van der Waals surface area (Å²) < 4.78 is 10.7. The molecule has 0 aliphatic heterocycles. The Labute approximate surface area is 97.0 Å². The Morgan fingerprint density at radius 1 is 1.25 bits per heavy atom. The summed E-state index contributed by atoms with van der Waals surface area (Å²) in [5, 5.41) is 0. The van der Waals surface area contributed by atoms with Gasteiger partial charge in [0.15, 0.2) is 0 Å². The molecule has 0 saturated heterocycles. The van der Waals surface area contributed by atoms with E-state index in [0.29, 0.717) is 13.2 Å². The minimum atomic E-state index is -0.0970. The first-order valence-corrected chi connectivity index (χ1v) is 6.16. The van der Waals surface area contributed by atoms with Crippen LogP contribution in [0.3, 0.4) is 0 Å². The van der Waals surface area contributed by atoms with E-state index in [1.165, 1.54) is 25.7 Å². The summed E-state index contributed by atoms with van der Waals surface area (Å²) in [6, 6.07) is 1.93.